The van der Waals surface area contributed by atoms with Gasteiger partial charge in [-0.2, -0.15) is 0 Å². The molecule has 0 aliphatic rings. The number of hydrogen-bond acceptors (Lipinski definition) is 5. The predicted molar refractivity (Wildman–Crippen MR) is 83.7 cm³/mol. The number of benzene rings is 2. The molecule has 0 radical (unpaired) electrons. The third kappa shape index (κ3) is 3.57. The summed E-state index contributed by atoms with van der Waals surface area (Å²) < 4.78 is 50.9. The van der Waals surface area contributed by atoms with Gasteiger partial charge in [-0.3, -0.25) is 4.72 Å². The molecule has 0 saturated heterocycles. The number of aromatic carboxylic acids is 1. The molecule has 0 atom stereocenters. The van der Waals surface area contributed by atoms with E-state index in [1.165, 1.54) is 32.4 Å². The minimum absolute atomic E-state index is 0.0260. The van der Waals surface area contributed by atoms with Gasteiger partial charge < -0.3 is 14.6 Å². The lowest BCUT2D eigenvalue weighted by Crippen LogP contribution is -2.15. The van der Waals surface area contributed by atoms with E-state index >= 15 is 0 Å². The maximum Gasteiger partial charge on any atom is 0.335 e. The lowest BCUT2D eigenvalue weighted by atomic mass is 10.2. The highest BCUT2D eigenvalue weighted by Crippen LogP contribution is 2.30. The van der Waals surface area contributed by atoms with Gasteiger partial charge in [0, 0.05) is 6.07 Å². The van der Waals surface area contributed by atoms with Gasteiger partial charge in [0.25, 0.3) is 10.0 Å². The lowest BCUT2D eigenvalue weighted by molar-refractivity contribution is 0.0697. The van der Waals surface area contributed by atoms with Crippen LogP contribution in [-0.4, -0.2) is 33.7 Å². The van der Waals surface area contributed by atoms with E-state index in [0.717, 1.165) is 18.2 Å². The van der Waals surface area contributed by atoms with E-state index in [2.05, 4.69) is 0 Å². The van der Waals surface area contributed by atoms with Gasteiger partial charge in [0.15, 0.2) is 0 Å². The first-order chi connectivity index (χ1) is 11.3. The molecule has 0 amide bonds. The number of methoxy groups -OCH3 is 2. The molecule has 0 unspecified atom stereocenters. The van der Waals surface area contributed by atoms with Gasteiger partial charge in [-0.15, -0.1) is 0 Å². The van der Waals surface area contributed by atoms with E-state index in [-0.39, 0.29) is 22.0 Å². The van der Waals surface area contributed by atoms with Crippen molar-refractivity contribution in [3.05, 3.63) is 47.8 Å². The van der Waals surface area contributed by atoms with Crippen molar-refractivity contribution < 1.29 is 32.2 Å². The second kappa shape index (κ2) is 6.75. The van der Waals surface area contributed by atoms with Crippen LogP contribution in [0.4, 0.5) is 10.1 Å². The van der Waals surface area contributed by atoms with Crippen LogP contribution in [0.15, 0.2) is 41.3 Å². The molecule has 0 aliphatic heterocycles. The molecule has 24 heavy (non-hydrogen) atoms. The molecule has 9 heteroatoms. The molecule has 2 aromatic rings. The summed E-state index contributed by atoms with van der Waals surface area (Å²) in [7, 11) is -1.59. The number of carbonyl (C=O) groups is 1. The van der Waals surface area contributed by atoms with Crippen LogP contribution in [0.3, 0.4) is 0 Å². The van der Waals surface area contributed by atoms with Crippen molar-refractivity contribution in [2.24, 2.45) is 0 Å². The number of anilines is 1. The molecule has 128 valence electrons. The predicted octanol–water partition coefficient (Wildman–Crippen LogP) is 2.34. The summed E-state index contributed by atoms with van der Waals surface area (Å²) in [5.41, 5.74) is -0.744. The third-order valence-corrected chi connectivity index (χ3v) is 4.50. The first-order valence-electron chi connectivity index (χ1n) is 6.56. The molecule has 0 saturated carbocycles. The van der Waals surface area contributed by atoms with Gasteiger partial charge >= 0.3 is 5.97 Å². The highest BCUT2D eigenvalue weighted by Gasteiger charge is 2.22. The van der Waals surface area contributed by atoms with E-state index in [9.17, 15) is 17.6 Å². The molecule has 0 aromatic heterocycles. The molecule has 2 rings (SSSR count). The van der Waals surface area contributed by atoms with Crippen molar-refractivity contribution in [1.29, 1.82) is 0 Å². The Morgan fingerprint density at radius 1 is 1.12 bits per heavy atom. The van der Waals surface area contributed by atoms with Gasteiger partial charge in [-0.05, 0) is 30.3 Å². The van der Waals surface area contributed by atoms with E-state index in [4.69, 9.17) is 14.6 Å². The second-order valence-electron chi connectivity index (χ2n) is 4.62. The summed E-state index contributed by atoms with van der Waals surface area (Å²) in [5, 5.41) is 8.93. The molecule has 2 N–H and O–H groups in total. The number of halogens is 1. The molecular weight excluding hydrogens is 341 g/mol. The van der Waals surface area contributed by atoms with Gasteiger partial charge in [-0.25, -0.2) is 17.6 Å². The quantitative estimate of drug-likeness (QED) is 0.825. The molecule has 0 bridgehead atoms. The van der Waals surface area contributed by atoms with Crippen LogP contribution in [0.2, 0.25) is 0 Å². The van der Waals surface area contributed by atoms with Crippen LogP contribution in [0.5, 0.6) is 11.5 Å². The second-order valence-corrected chi connectivity index (χ2v) is 6.27. The molecule has 0 fully saturated rings. The Morgan fingerprint density at radius 2 is 1.83 bits per heavy atom. The topological polar surface area (TPSA) is 102 Å². The zero-order chi connectivity index (χ0) is 17.9. The Bertz CT molecular complexity index is 882. The lowest BCUT2D eigenvalue weighted by Gasteiger charge is -2.13. The zero-order valence-corrected chi connectivity index (χ0v) is 13.6. The van der Waals surface area contributed by atoms with E-state index in [1.807, 2.05) is 4.72 Å². The number of carboxylic acid groups (broad SMARTS) is 1. The number of nitrogens with one attached hydrogen (secondary N) is 1. The summed E-state index contributed by atoms with van der Waals surface area (Å²) in [6.45, 7) is 0. The first kappa shape index (κ1) is 17.5. The van der Waals surface area contributed by atoms with Gasteiger partial charge in [0.1, 0.15) is 22.2 Å². The highest BCUT2D eigenvalue weighted by molar-refractivity contribution is 7.92. The minimum Gasteiger partial charge on any atom is -0.497 e. The largest absolute Gasteiger partial charge is 0.497 e. The molecule has 7 nitrogen and oxygen atoms in total. The van der Waals surface area contributed by atoms with Crippen molar-refractivity contribution in [3.8, 4) is 11.5 Å². The smallest absolute Gasteiger partial charge is 0.335 e. The average molecular weight is 355 g/mol. The summed E-state index contributed by atoms with van der Waals surface area (Å²) in [4.78, 5) is 10.7. The Kier molecular flexibility index (Phi) is 4.93. The first-order valence-corrected chi connectivity index (χ1v) is 8.04. The number of carboxylic acids is 1. The summed E-state index contributed by atoms with van der Waals surface area (Å²) in [6.07, 6.45) is 0. The molecule has 2 aromatic carbocycles. The van der Waals surface area contributed by atoms with Crippen molar-refractivity contribution in [2.45, 2.75) is 4.90 Å². The fraction of sp³-hybridized carbons (Fsp3) is 0.133. The normalized spacial score (nSPS) is 11.0. The van der Waals surface area contributed by atoms with Crippen molar-refractivity contribution in [1.82, 2.24) is 0 Å². The third-order valence-electron chi connectivity index (χ3n) is 3.12. The van der Waals surface area contributed by atoms with Gasteiger partial charge in [0.2, 0.25) is 0 Å². The minimum atomic E-state index is -4.24. The summed E-state index contributed by atoms with van der Waals surface area (Å²) in [5.74, 6) is -1.94. The average Bonchev–Trinajstić information content (AvgIpc) is 2.55. The fourth-order valence-corrected chi connectivity index (χ4v) is 3.17. The van der Waals surface area contributed by atoms with Crippen LogP contribution >= 0.6 is 0 Å². The molecule has 0 heterocycles. The highest BCUT2D eigenvalue weighted by atomic mass is 32.2. The monoisotopic (exact) mass is 355 g/mol. The maximum absolute atomic E-state index is 13.8. The van der Waals surface area contributed by atoms with E-state index < -0.39 is 27.5 Å². The Hall–Kier alpha value is -2.81. The van der Waals surface area contributed by atoms with Crippen molar-refractivity contribution in [3.63, 3.8) is 0 Å². The summed E-state index contributed by atoms with van der Waals surface area (Å²) in [6, 6.07) is 6.88. The SMILES string of the molecule is COc1ccc(OC)c(S(=O)(=O)Nc2cc(C(=O)O)ccc2F)c1. The van der Waals surface area contributed by atoms with Crippen LogP contribution in [0.25, 0.3) is 0 Å². The fourth-order valence-electron chi connectivity index (χ4n) is 1.93. The van der Waals surface area contributed by atoms with Crippen LogP contribution in [-0.2, 0) is 10.0 Å². The standard InChI is InChI=1S/C15H14FNO6S/c1-22-10-4-6-13(23-2)14(8-10)24(20,21)17-12-7-9(15(18)19)3-5-11(12)16/h3-8,17H,1-2H3,(H,18,19). The van der Waals surface area contributed by atoms with E-state index in [1.54, 1.807) is 0 Å². The maximum atomic E-state index is 13.8. The molecule has 0 aliphatic carbocycles. The number of rotatable bonds is 6. The van der Waals surface area contributed by atoms with Crippen LogP contribution in [0.1, 0.15) is 10.4 Å². The number of sulfonamides is 1. The Balaban J connectivity index is 2.49. The van der Waals surface area contributed by atoms with Crippen molar-refractivity contribution >= 4 is 21.7 Å². The van der Waals surface area contributed by atoms with Gasteiger partial charge in [0.05, 0.1) is 25.5 Å². The van der Waals surface area contributed by atoms with Gasteiger partial charge in [-0.1, -0.05) is 0 Å². The summed E-state index contributed by atoms with van der Waals surface area (Å²) >= 11 is 0. The Labute approximate surface area is 137 Å². The van der Waals surface area contributed by atoms with E-state index in [0.29, 0.717) is 0 Å². The Morgan fingerprint density at radius 3 is 2.42 bits per heavy atom. The van der Waals surface area contributed by atoms with Crippen LogP contribution < -0.4 is 14.2 Å². The zero-order valence-electron chi connectivity index (χ0n) is 12.7. The van der Waals surface area contributed by atoms with Crippen molar-refractivity contribution in [2.75, 3.05) is 18.9 Å². The molecule has 0 spiro atoms. The molecular formula is C15H14FNO6S. The number of ether oxygens (including phenoxy) is 2. The van der Waals surface area contributed by atoms with Crippen LogP contribution in [0, 0.1) is 5.82 Å². The number of hydrogen-bond donors (Lipinski definition) is 2.